The highest BCUT2D eigenvalue weighted by molar-refractivity contribution is 9.10. The number of alkyl halides is 1. The van der Waals surface area contributed by atoms with Gasteiger partial charge in [-0.05, 0) is 71.1 Å². The quantitative estimate of drug-likeness (QED) is 0.350. The van der Waals surface area contributed by atoms with Gasteiger partial charge in [0, 0.05) is 23.1 Å². The van der Waals surface area contributed by atoms with Gasteiger partial charge in [0.1, 0.15) is 29.6 Å². The van der Waals surface area contributed by atoms with Crippen LogP contribution < -0.4 is 11.1 Å². The van der Waals surface area contributed by atoms with Crippen LogP contribution in [0.15, 0.2) is 41.3 Å². The van der Waals surface area contributed by atoms with E-state index in [0.717, 1.165) is 48.8 Å². The number of benzene rings is 1. The van der Waals surface area contributed by atoms with Crippen molar-refractivity contribution in [2.45, 2.75) is 61.9 Å². The number of nitrogens with zero attached hydrogens (tertiary/aromatic N) is 3. The fraction of sp³-hybridized carbons (Fsp3) is 0.520. The molecule has 7 rings (SSSR count). The summed E-state index contributed by atoms with van der Waals surface area (Å²) in [4.78, 5) is 8.42. The van der Waals surface area contributed by atoms with Crippen molar-refractivity contribution < 1.29 is 14.6 Å². The van der Waals surface area contributed by atoms with E-state index in [-0.39, 0.29) is 17.4 Å². The zero-order valence-electron chi connectivity index (χ0n) is 18.8. The van der Waals surface area contributed by atoms with E-state index in [1.807, 2.05) is 10.8 Å². The van der Waals surface area contributed by atoms with Gasteiger partial charge < -0.3 is 25.8 Å². The minimum Gasteiger partial charge on any atom is -0.390 e. The van der Waals surface area contributed by atoms with Crippen LogP contribution in [-0.2, 0) is 6.42 Å². The molecule has 0 unspecified atom stereocenters. The van der Waals surface area contributed by atoms with Crippen molar-refractivity contribution in [2.75, 3.05) is 18.8 Å². The first-order valence-corrected chi connectivity index (χ1v) is 12.7. The van der Waals surface area contributed by atoms with Gasteiger partial charge in [0.05, 0.1) is 17.5 Å². The Morgan fingerprint density at radius 3 is 2.59 bits per heavy atom. The van der Waals surface area contributed by atoms with Crippen LogP contribution in [-0.4, -0.2) is 55.7 Å². The number of hydrogen-bond acceptors (Lipinski definition) is 6. The summed E-state index contributed by atoms with van der Waals surface area (Å²) in [5.74, 6) is 0.195. The monoisotopic (exact) mass is 529 g/mol. The first kappa shape index (κ1) is 22.4. The fourth-order valence-corrected chi connectivity index (χ4v) is 7.10. The topological polar surface area (TPSA) is 109 Å². The fourth-order valence-electron chi connectivity index (χ4n) is 6.50. The van der Waals surface area contributed by atoms with E-state index >= 15 is 0 Å². The molecule has 180 valence electrons. The highest BCUT2D eigenvalue weighted by atomic mass is 79.9. The van der Waals surface area contributed by atoms with Crippen molar-refractivity contribution in [1.29, 1.82) is 0 Å². The van der Waals surface area contributed by atoms with Gasteiger partial charge in [-0.1, -0.05) is 24.3 Å². The molecule has 7 nitrogen and oxygen atoms in total. The second kappa shape index (κ2) is 7.98. The number of nitrogens with one attached hydrogen (secondary N) is 1. The number of fused-ring (bicyclic) bond motifs is 1. The second-order valence-corrected chi connectivity index (χ2v) is 11.4. The third-order valence-corrected chi connectivity index (χ3v) is 8.78. The van der Waals surface area contributed by atoms with Crippen molar-refractivity contribution in [3.63, 3.8) is 0 Å². The molecule has 4 aliphatic rings. The summed E-state index contributed by atoms with van der Waals surface area (Å²) in [6.07, 6.45) is 5.15. The lowest BCUT2D eigenvalue weighted by molar-refractivity contribution is -0.209. The number of hydrogen-bond donors (Lipinski definition) is 4. The zero-order chi connectivity index (χ0) is 23.7. The number of rotatable bonds is 7. The van der Waals surface area contributed by atoms with Crippen LogP contribution in [0.5, 0.6) is 0 Å². The molecule has 2 aromatic heterocycles. The zero-order valence-corrected chi connectivity index (χ0v) is 20.4. The van der Waals surface area contributed by atoms with Gasteiger partial charge in [-0.3, -0.25) is 0 Å². The van der Waals surface area contributed by atoms with Crippen LogP contribution in [0.3, 0.4) is 0 Å². The smallest absolute Gasteiger partial charge is 0.146 e. The van der Waals surface area contributed by atoms with Gasteiger partial charge in [0.2, 0.25) is 0 Å². The van der Waals surface area contributed by atoms with Gasteiger partial charge in [-0.25, -0.2) is 14.4 Å². The van der Waals surface area contributed by atoms with Crippen molar-refractivity contribution in [2.24, 2.45) is 5.41 Å². The van der Waals surface area contributed by atoms with E-state index in [1.54, 1.807) is 0 Å². The molecule has 1 aromatic carbocycles. The van der Waals surface area contributed by atoms with Crippen LogP contribution in [0.2, 0.25) is 0 Å². The first-order chi connectivity index (χ1) is 16.3. The van der Waals surface area contributed by atoms with Crippen LogP contribution in [0.4, 0.5) is 10.2 Å². The standard InChI is InChI=1S/C25H29BrFN5O2/c26-17-8-32(23-19(17)22(28)30-13-31-23)18-7-16(20(33)21(18)34)15-3-1-14(2-4-15)5-6-29-12-24-9-25(27,10-24)11-24/h1-4,8,13,16,18,20-21,29,33-34H,5-7,9-12H2,(H2,28,30,31)/t16-,18-,20-,21+,24?,25?/m1/s1. The number of nitrogen functional groups attached to an aromatic ring is 1. The highest BCUT2D eigenvalue weighted by Gasteiger charge is 2.68. The van der Waals surface area contributed by atoms with E-state index in [9.17, 15) is 14.6 Å². The van der Waals surface area contributed by atoms with Crippen LogP contribution in [0.1, 0.15) is 48.8 Å². The highest BCUT2D eigenvalue weighted by Crippen LogP contribution is 2.69. The van der Waals surface area contributed by atoms with E-state index in [4.69, 9.17) is 5.73 Å². The molecule has 0 saturated heterocycles. The average Bonchev–Trinajstić information content (AvgIpc) is 3.27. The molecular formula is C25H29BrFN5O2. The summed E-state index contributed by atoms with van der Waals surface area (Å²) in [5.41, 5.74) is 8.28. The lowest BCUT2D eigenvalue weighted by Gasteiger charge is -2.66. The minimum atomic E-state index is -0.923. The van der Waals surface area contributed by atoms with E-state index < -0.39 is 17.9 Å². The Balaban J connectivity index is 1.11. The van der Waals surface area contributed by atoms with E-state index in [0.29, 0.717) is 23.3 Å². The molecule has 0 spiro atoms. The Labute approximate surface area is 205 Å². The first-order valence-electron chi connectivity index (χ1n) is 11.9. The third kappa shape index (κ3) is 3.56. The summed E-state index contributed by atoms with van der Waals surface area (Å²) < 4.78 is 16.3. The van der Waals surface area contributed by atoms with Crippen LogP contribution >= 0.6 is 15.9 Å². The third-order valence-electron chi connectivity index (χ3n) is 8.18. The Hall–Kier alpha value is -2.07. The SMILES string of the molecule is Nc1ncnc2c1c(Br)cn2[C@@H]1C[C@H](c2ccc(CCNCC34CC(F)(C3)C4)cc2)[C@@H](O)[C@H]1O. The molecular weight excluding hydrogens is 501 g/mol. The second-order valence-electron chi connectivity index (χ2n) is 10.6. The summed E-state index contributed by atoms with van der Waals surface area (Å²) >= 11 is 3.52. The average molecular weight is 530 g/mol. The summed E-state index contributed by atoms with van der Waals surface area (Å²) in [6, 6.07) is 7.96. The number of nitrogens with two attached hydrogens (primary N) is 1. The molecule has 9 heteroatoms. The van der Waals surface area contributed by atoms with Gasteiger partial charge in [0.25, 0.3) is 0 Å². The van der Waals surface area contributed by atoms with Crippen molar-refractivity contribution in [3.8, 4) is 0 Å². The maximum atomic E-state index is 13.6. The molecule has 34 heavy (non-hydrogen) atoms. The molecule has 5 N–H and O–H groups in total. The molecule has 4 saturated carbocycles. The Morgan fingerprint density at radius 1 is 1.15 bits per heavy atom. The summed E-state index contributed by atoms with van der Waals surface area (Å²) in [5, 5.41) is 26.0. The van der Waals surface area contributed by atoms with Crippen LogP contribution in [0, 0.1) is 5.41 Å². The van der Waals surface area contributed by atoms with Gasteiger partial charge >= 0.3 is 0 Å². The molecule has 0 radical (unpaired) electrons. The number of anilines is 1. The Bertz CT molecular complexity index is 1210. The molecule has 0 amide bonds. The maximum Gasteiger partial charge on any atom is 0.146 e. The molecule has 4 fully saturated rings. The largest absolute Gasteiger partial charge is 0.390 e. The van der Waals surface area contributed by atoms with Crippen molar-refractivity contribution >= 4 is 32.8 Å². The van der Waals surface area contributed by atoms with Gasteiger partial charge in [-0.2, -0.15) is 0 Å². The van der Waals surface area contributed by atoms with Crippen molar-refractivity contribution in [1.82, 2.24) is 19.9 Å². The van der Waals surface area contributed by atoms with Gasteiger partial charge in [-0.15, -0.1) is 0 Å². The normalized spacial score (nSPS) is 34.2. The van der Waals surface area contributed by atoms with Gasteiger partial charge in [0.15, 0.2) is 0 Å². The lowest BCUT2D eigenvalue weighted by Crippen LogP contribution is -2.67. The number of aliphatic hydroxyl groups excluding tert-OH is 2. The van der Waals surface area contributed by atoms with E-state index in [1.165, 1.54) is 11.9 Å². The number of aromatic nitrogens is 3. The molecule has 3 aromatic rings. The molecule has 2 heterocycles. The van der Waals surface area contributed by atoms with E-state index in [2.05, 4.69) is 55.5 Å². The molecule has 2 bridgehead atoms. The molecule has 0 aliphatic heterocycles. The lowest BCUT2D eigenvalue weighted by atomic mass is 9.42. The predicted molar refractivity (Wildman–Crippen MR) is 131 cm³/mol. The maximum absolute atomic E-state index is 13.6. The number of aliphatic hydroxyl groups is 2. The molecule has 4 atom stereocenters. The summed E-state index contributed by atoms with van der Waals surface area (Å²) in [7, 11) is 0. The van der Waals surface area contributed by atoms with Crippen LogP contribution in [0.25, 0.3) is 11.0 Å². The predicted octanol–water partition coefficient (Wildman–Crippen LogP) is 3.25. The molecule has 4 aliphatic carbocycles. The Morgan fingerprint density at radius 2 is 1.88 bits per heavy atom. The number of halogens is 2. The minimum absolute atomic E-state index is 0.181. The van der Waals surface area contributed by atoms with Crippen molar-refractivity contribution in [3.05, 3.63) is 52.4 Å². The Kier molecular flexibility index (Phi) is 5.26. The summed E-state index contributed by atoms with van der Waals surface area (Å²) in [6.45, 7) is 1.78.